The molecule has 0 amide bonds. The predicted molar refractivity (Wildman–Crippen MR) is 161 cm³/mol. The van der Waals surface area contributed by atoms with Crippen molar-refractivity contribution in [2.24, 2.45) is 22.7 Å². The zero-order chi connectivity index (χ0) is 32.2. The van der Waals surface area contributed by atoms with Crippen LogP contribution in [0.4, 0.5) is 4.39 Å². The van der Waals surface area contributed by atoms with Crippen LogP contribution in [0.15, 0.2) is 65.3 Å². The Hall–Kier alpha value is -4.08. The van der Waals surface area contributed by atoms with Gasteiger partial charge in [-0.05, 0) is 69.2 Å². The van der Waals surface area contributed by atoms with Crippen molar-refractivity contribution in [3.63, 3.8) is 0 Å². The molecule has 2 aromatic heterocycles. The van der Waals surface area contributed by atoms with Crippen molar-refractivity contribution in [2.45, 2.75) is 63.3 Å². The highest BCUT2D eigenvalue weighted by Gasteiger charge is 2.75. The lowest BCUT2D eigenvalue weighted by atomic mass is 9.45. The number of aromatic amines is 1. The number of thioether (sulfide) groups is 1. The summed E-state index contributed by atoms with van der Waals surface area (Å²) in [6.07, 6.45) is 6.61. The van der Waals surface area contributed by atoms with Crippen molar-refractivity contribution in [1.82, 2.24) is 9.97 Å². The number of ether oxygens (including phenoxy) is 2. The Kier molecular flexibility index (Phi) is 7.61. The van der Waals surface area contributed by atoms with E-state index >= 15 is 4.39 Å². The molecule has 0 unspecified atom stereocenters. The fourth-order valence-corrected chi connectivity index (χ4v) is 9.12. The van der Waals surface area contributed by atoms with Crippen LogP contribution in [0.25, 0.3) is 0 Å². The number of halogens is 1. The van der Waals surface area contributed by atoms with Gasteiger partial charge in [0.15, 0.2) is 17.1 Å². The summed E-state index contributed by atoms with van der Waals surface area (Å²) in [6, 6.07) is 7.58. The summed E-state index contributed by atoms with van der Waals surface area (Å²) in [5, 5.41) is 20.4. The topological polar surface area (TPSA) is 159 Å². The van der Waals surface area contributed by atoms with Gasteiger partial charge >= 0.3 is 5.97 Å². The largest absolute Gasteiger partial charge is 0.446 e. The van der Waals surface area contributed by atoms with Crippen LogP contribution in [0.2, 0.25) is 0 Å². The molecular weight excluding hydrogens is 601 g/mol. The molecule has 0 radical (unpaired) electrons. The number of carbonyl (C=O) groups excluding carboxylic acids is 3. The van der Waals surface area contributed by atoms with Crippen molar-refractivity contribution < 1.29 is 33.4 Å². The Balaban J connectivity index is 1.31. The van der Waals surface area contributed by atoms with Crippen LogP contribution in [0, 0.1) is 34.0 Å². The van der Waals surface area contributed by atoms with Crippen LogP contribution in [-0.4, -0.2) is 55.1 Å². The second-order valence-corrected chi connectivity index (χ2v) is 13.6. The number of carbonyl (C=O) groups is 3. The lowest BCUT2D eigenvalue weighted by Gasteiger charge is -2.62. The molecule has 2 N–H and O–H groups in total. The number of fused-ring (bicyclic) bond motifs is 5. The van der Waals surface area contributed by atoms with Gasteiger partial charge in [-0.25, -0.2) is 14.2 Å². The van der Waals surface area contributed by atoms with Crippen molar-refractivity contribution in [1.29, 1.82) is 5.26 Å². The third-order valence-electron chi connectivity index (χ3n) is 10.6. The zero-order valence-corrected chi connectivity index (χ0v) is 25.6. The number of rotatable bonds is 6. The molecule has 10 nitrogen and oxygen atoms in total. The monoisotopic (exact) mass is 633 g/mol. The lowest BCUT2D eigenvalue weighted by Crippen LogP contribution is -2.69. The number of H-pyrrole nitrogens is 1. The van der Waals surface area contributed by atoms with Crippen LogP contribution >= 0.6 is 11.8 Å². The van der Waals surface area contributed by atoms with E-state index in [1.165, 1.54) is 48.8 Å². The van der Waals surface area contributed by atoms with Gasteiger partial charge in [0.25, 0.3) is 0 Å². The summed E-state index contributed by atoms with van der Waals surface area (Å²) in [5.74, 6) is -1.83. The lowest BCUT2D eigenvalue weighted by molar-refractivity contribution is -0.214. The molecule has 3 fully saturated rings. The number of esters is 1. The van der Waals surface area contributed by atoms with Crippen molar-refractivity contribution in [3.05, 3.63) is 76.4 Å². The Morgan fingerprint density at radius 1 is 1.20 bits per heavy atom. The number of allylic oxidation sites excluding steroid dienone is 4. The molecule has 12 heteroatoms. The number of aromatic nitrogens is 2. The number of pyridine rings is 2. The summed E-state index contributed by atoms with van der Waals surface area (Å²) < 4.78 is 29.3. The van der Waals surface area contributed by atoms with E-state index in [2.05, 4.69) is 9.97 Å². The number of alkyl halides is 1. The smallest absolute Gasteiger partial charge is 0.340 e. The normalized spacial score (nSPS) is 34.9. The Labute approximate surface area is 262 Å². The van der Waals surface area contributed by atoms with E-state index in [9.17, 15) is 29.5 Å². The first-order valence-electron chi connectivity index (χ1n) is 14.8. The molecule has 6 rings (SSSR count). The quantitative estimate of drug-likeness (QED) is 0.430. The highest BCUT2D eigenvalue weighted by atomic mass is 32.2. The Morgan fingerprint density at radius 2 is 2.00 bits per heavy atom. The molecule has 3 saturated carbocycles. The molecule has 0 saturated heterocycles. The third-order valence-corrected chi connectivity index (χ3v) is 11.4. The Morgan fingerprint density at radius 3 is 2.69 bits per heavy atom. The highest BCUT2D eigenvalue weighted by Crippen LogP contribution is 2.70. The molecule has 45 heavy (non-hydrogen) atoms. The first kappa shape index (κ1) is 30.9. The third kappa shape index (κ3) is 4.67. The molecular formula is C33H32FN3O7S. The van der Waals surface area contributed by atoms with Crippen molar-refractivity contribution in [3.8, 4) is 17.7 Å². The summed E-state index contributed by atoms with van der Waals surface area (Å²) in [7, 11) is 0. The number of aliphatic hydroxyl groups excluding tert-OH is 1. The SMILES string of the molecule is C[C@]12C=CC(=O)C=C1CC[C@H]1[C@@H]3CC[C@](OC(=O)c4ccc(Oc5ccc(=O)[nH]c5)nc4)(C(=O)SCC#N)[C@@]3(C)C[C@H](O)[C@@]12F. The minimum Gasteiger partial charge on any atom is -0.446 e. The Bertz CT molecular complexity index is 1710. The van der Waals surface area contributed by atoms with E-state index in [1.807, 2.05) is 6.07 Å². The summed E-state index contributed by atoms with van der Waals surface area (Å²) in [4.78, 5) is 57.7. The second kappa shape index (κ2) is 11.1. The maximum Gasteiger partial charge on any atom is 0.340 e. The van der Waals surface area contributed by atoms with Crippen LogP contribution < -0.4 is 10.3 Å². The summed E-state index contributed by atoms with van der Waals surface area (Å²) in [5.41, 5.74) is -5.79. The van der Waals surface area contributed by atoms with Gasteiger partial charge in [-0.3, -0.25) is 14.4 Å². The average Bonchev–Trinajstić information content (AvgIpc) is 3.30. The molecule has 0 aromatic carbocycles. The molecule has 0 aliphatic heterocycles. The molecule has 7 atom stereocenters. The van der Waals surface area contributed by atoms with Crippen LogP contribution in [0.3, 0.4) is 0 Å². The first-order valence-corrected chi connectivity index (χ1v) is 15.8. The maximum absolute atomic E-state index is 17.5. The van der Waals surface area contributed by atoms with Crippen LogP contribution in [-0.2, 0) is 14.3 Å². The van der Waals surface area contributed by atoms with Gasteiger partial charge in [0, 0.05) is 41.3 Å². The summed E-state index contributed by atoms with van der Waals surface area (Å²) >= 11 is 0.745. The molecule has 0 bridgehead atoms. The van der Waals surface area contributed by atoms with Gasteiger partial charge < -0.3 is 19.6 Å². The minimum absolute atomic E-state index is 0.0430. The highest BCUT2D eigenvalue weighted by molar-refractivity contribution is 8.14. The standard InChI is InChI=1S/C33H32FN3O7S/c1-30-11-9-21(38)15-20(30)4-6-24-23-10-12-32(29(42)45-14-13-35,31(23,2)16-25(39)33(24,30)34)44-28(41)19-3-8-27(37-17-19)43-22-5-7-26(40)36-18-22/h3,5,7-9,11,15,17-18,23-25,39H,4,6,10,12,14,16H2,1-2H3,(H,36,40)/t23-,24-,25-,30-,31-,32-,33-/m0/s1. The van der Waals surface area contributed by atoms with Crippen LogP contribution in [0.1, 0.15) is 56.3 Å². The number of nitriles is 1. The van der Waals surface area contributed by atoms with Crippen molar-refractivity contribution >= 4 is 28.6 Å². The average molecular weight is 634 g/mol. The number of nitrogens with one attached hydrogen (secondary N) is 1. The fourth-order valence-electron chi connectivity index (χ4n) is 8.32. The van der Waals surface area contributed by atoms with Gasteiger partial charge in [-0.1, -0.05) is 30.3 Å². The van der Waals surface area contributed by atoms with E-state index in [1.54, 1.807) is 19.9 Å². The van der Waals surface area contributed by atoms with Gasteiger partial charge in [0.2, 0.25) is 16.6 Å². The fraction of sp³-hybridized carbons (Fsp3) is 0.455. The van der Waals surface area contributed by atoms with Crippen LogP contribution in [0.5, 0.6) is 11.6 Å². The predicted octanol–water partition coefficient (Wildman–Crippen LogP) is 4.61. The minimum atomic E-state index is -2.10. The van der Waals surface area contributed by atoms with E-state index in [0.29, 0.717) is 30.6 Å². The van der Waals surface area contributed by atoms with Gasteiger partial charge in [0.1, 0.15) is 5.75 Å². The number of nitrogens with zero attached hydrogens (tertiary/aromatic N) is 2. The van der Waals surface area contributed by atoms with Gasteiger partial charge in [0.05, 0.1) is 23.5 Å². The second-order valence-electron chi connectivity index (χ2n) is 12.6. The molecule has 0 spiro atoms. The van der Waals surface area contributed by atoms with E-state index in [0.717, 1.165) is 11.8 Å². The van der Waals surface area contributed by atoms with E-state index in [4.69, 9.17) is 9.47 Å². The molecule has 2 heterocycles. The maximum atomic E-state index is 17.5. The van der Waals surface area contributed by atoms with E-state index < -0.39 is 51.1 Å². The molecule has 2 aromatic rings. The van der Waals surface area contributed by atoms with E-state index in [-0.39, 0.29) is 41.4 Å². The molecule has 4 aliphatic rings. The number of hydrogen-bond acceptors (Lipinski definition) is 10. The van der Waals surface area contributed by atoms with Crippen molar-refractivity contribution in [2.75, 3.05) is 5.75 Å². The number of aliphatic hydroxyl groups is 1. The molecule has 4 aliphatic carbocycles. The van der Waals surface area contributed by atoms with Gasteiger partial charge in [-0.2, -0.15) is 5.26 Å². The number of hydrogen-bond donors (Lipinski definition) is 2. The zero-order valence-electron chi connectivity index (χ0n) is 24.7. The summed E-state index contributed by atoms with van der Waals surface area (Å²) in [6.45, 7) is 3.49. The first-order chi connectivity index (χ1) is 21.4. The number of ketones is 1. The van der Waals surface area contributed by atoms with Gasteiger partial charge in [-0.15, -0.1) is 0 Å². The molecule has 234 valence electrons.